The highest BCUT2D eigenvalue weighted by Gasteiger charge is 2.35. The van der Waals surface area contributed by atoms with E-state index in [1.807, 2.05) is 75.4 Å². The lowest BCUT2D eigenvalue weighted by atomic mass is 10.0. The molecule has 0 heterocycles. The van der Waals surface area contributed by atoms with Gasteiger partial charge < -0.3 is 15.0 Å². The van der Waals surface area contributed by atoms with E-state index in [0.29, 0.717) is 6.54 Å². The first-order valence-corrected chi connectivity index (χ1v) is 16.5. The number of amides is 2. The van der Waals surface area contributed by atoms with Crippen molar-refractivity contribution in [3.63, 3.8) is 0 Å². The van der Waals surface area contributed by atoms with Gasteiger partial charge in [-0.2, -0.15) is 0 Å². The van der Waals surface area contributed by atoms with Crippen molar-refractivity contribution < 1.29 is 22.7 Å². The van der Waals surface area contributed by atoms with Gasteiger partial charge in [-0.05, 0) is 67.8 Å². The topological polar surface area (TPSA) is 96.0 Å². The summed E-state index contributed by atoms with van der Waals surface area (Å²) in [7, 11) is -2.88. The molecule has 236 valence electrons. The standard InChI is InChI=1S/C35H38ClN3O5S/c1-5-37-35(41)32(21-27-12-7-6-8-13-27)38(23-28-14-10-9-11-26(28)3)34(40)24-39(31-22-29(36)17-20-33(31)44-4)45(42,43)30-18-15-25(2)16-19-30/h6-20,22,32H,5,21,23-24H2,1-4H3,(H,37,41)/t32-/m0/s1. The van der Waals surface area contributed by atoms with Crippen LogP contribution in [0.15, 0.2) is 102 Å². The van der Waals surface area contributed by atoms with Gasteiger partial charge in [-0.3, -0.25) is 13.9 Å². The van der Waals surface area contributed by atoms with Gasteiger partial charge in [-0.1, -0.05) is 83.9 Å². The van der Waals surface area contributed by atoms with Gasteiger partial charge >= 0.3 is 0 Å². The Balaban J connectivity index is 1.85. The fraction of sp³-hybridized carbons (Fsp3) is 0.257. The Morgan fingerprint density at radius 1 is 0.911 bits per heavy atom. The molecule has 0 aliphatic rings. The average Bonchev–Trinajstić information content (AvgIpc) is 3.03. The summed E-state index contributed by atoms with van der Waals surface area (Å²) in [5, 5.41) is 3.14. The van der Waals surface area contributed by atoms with E-state index in [2.05, 4.69) is 5.32 Å². The summed E-state index contributed by atoms with van der Waals surface area (Å²) in [5.74, 6) is -0.683. The van der Waals surface area contributed by atoms with Crippen molar-refractivity contribution in [3.8, 4) is 5.75 Å². The minimum absolute atomic E-state index is 0.00190. The number of nitrogens with zero attached hydrogens (tertiary/aromatic N) is 2. The summed E-state index contributed by atoms with van der Waals surface area (Å²) < 4.78 is 35.1. The Morgan fingerprint density at radius 3 is 2.22 bits per heavy atom. The first kappa shape index (κ1) is 33.6. The molecule has 8 nitrogen and oxygen atoms in total. The average molecular weight is 648 g/mol. The number of methoxy groups -OCH3 is 1. The minimum Gasteiger partial charge on any atom is -0.495 e. The molecule has 45 heavy (non-hydrogen) atoms. The number of hydrogen-bond acceptors (Lipinski definition) is 5. The molecule has 0 saturated heterocycles. The second kappa shape index (κ2) is 15.1. The Morgan fingerprint density at radius 2 is 1.58 bits per heavy atom. The molecule has 10 heteroatoms. The van der Waals surface area contributed by atoms with Gasteiger partial charge in [-0.15, -0.1) is 0 Å². The van der Waals surface area contributed by atoms with Crippen LogP contribution in [-0.2, 0) is 32.6 Å². The molecule has 0 spiro atoms. The zero-order chi connectivity index (χ0) is 32.6. The van der Waals surface area contributed by atoms with Crippen molar-refractivity contribution in [2.24, 2.45) is 0 Å². The van der Waals surface area contributed by atoms with E-state index in [1.165, 1.54) is 30.2 Å². The van der Waals surface area contributed by atoms with Crippen LogP contribution in [0.1, 0.15) is 29.2 Å². The number of ether oxygens (including phenoxy) is 1. The number of benzene rings is 4. The summed E-state index contributed by atoms with van der Waals surface area (Å²) >= 11 is 6.35. The minimum atomic E-state index is -4.30. The van der Waals surface area contributed by atoms with Crippen LogP contribution >= 0.6 is 11.6 Å². The van der Waals surface area contributed by atoms with E-state index < -0.39 is 28.5 Å². The van der Waals surface area contributed by atoms with Gasteiger partial charge in [0, 0.05) is 24.5 Å². The summed E-state index contributed by atoms with van der Waals surface area (Å²) in [6.45, 7) is 5.45. The third-order valence-corrected chi connectivity index (χ3v) is 9.53. The van der Waals surface area contributed by atoms with E-state index in [1.54, 1.807) is 24.3 Å². The number of likely N-dealkylation sites (N-methyl/N-ethyl adjacent to an activating group) is 1. The zero-order valence-electron chi connectivity index (χ0n) is 25.9. The smallest absolute Gasteiger partial charge is 0.264 e. The monoisotopic (exact) mass is 647 g/mol. The third-order valence-electron chi connectivity index (χ3n) is 7.52. The SMILES string of the molecule is CCNC(=O)[C@H](Cc1ccccc1)N(Cc1ccccc1C)C(=O)CN(c1cc(Cl)ccc1OC)S(=O)(=O)c1ccc(C)cc1. The van der Waals surface area contributed by atoms with Crippen molar-refractivity contribution in [1.29, 1.82) is 0 Å². The van der Waals surface area contributed by atoms with Gasteiger partial charge in [0.15, 0.2) is 0 Å². The van der Waals surface area contributed by atoms with E-state index >= 15 is 0 Å². The van der Waals surface area contributed by atoms with E-state index in [4.69, 9.17) is 16.3 Å². The Kier molecular flexibility index (Phi) is 11.3. The highest BCUT2D eigenvalue weighted by Crippen LogP contribution is 2.35. The Bertz CT molecular complexity index is 1730. The lowest BCUT2D eigenvalue weighted by Gasteiger charge is -2.34. The number of nitrogens with one attached hydrogen (secondary N) is 1. The maximum absolute atomic E-state index is 14.6. The fourth-order valence-corrected chi connectivity index (χ4v) is 6.61. The molecule has 1 N–H and O–H groups in total. The van der Waals surface area contributed by atoms with Gasteiger partial charge in [0.1, 0.15) is 18.3 Å². The van der Waals surface area contributed by atoms with Gasteiger partial charge in [0.05, 0.1) is 17.7 Å². The van der Waals surface area contributed by atoms with E-state index in [-0.39, 0.29) is 40.2 Å². The summed E-state index contributed by atoms with van der Waals surface area (Å²) in [5.41, 5.74) is 3.61. The molecule has 4 rings (SSSR count). The van der Waals surface area contributed by atoms with Crippen molar-refractivity contribution >= 4 is 39.1 Å². The summed E-state index contributed by atoms with van der Waals surface area (Å²) in [4.78, 5) is 29.7. The number of carbonyl (C=O) groups is 2. The van der Waals surface area contributed by atoms with E-state index in [0.717, 1.165) is 26.6 Å². The van der Waals surface area contributed by atoms with Crippen LogP contribution < -0.4 is 14.4 Å². The summed E-state index contributed by atoms with van der Waals surface area (Å²) in [6, 6.07) is 27.1. The van der Waals surface area contributed by atoms with Crippen LogP contribution in [0.25, 0.3) is 0 Å². The number of rotatable bonds is 13. The zero-order valence-corrected chi connectivity index (χ0v) is 27.4. The molecule has 1 atom stereocenters. The Labute approximate surface area is 270 Å². The number of carbonyl (C=O) groups excluding carboxylic acids is 2. The molecule has 0 aromatic heterocycles. The van der Waals surface area contributed by atoms with Crippen LogP contribution in [0.4, 0.5) is 5.69 Å². The highest BCUT2D eigenvalue weighted by molar-refractivity contribution is 7.92. The molecule has 0 bridgehead atoms. The van der Waals surface area contributed by atoms with Crippen LogP contribution in [0.2, 0.25) is 5.02 Å². The largest absolute Gasteiger partial charge is 0.495 e. The van der Waals surface area contributed by atoms with Crippen molar-refractivity contribution in [3.05, 3.63) is 124 Å². The molecule has 0 radical (unpaired) electrons. The van der Waals surface area contributed by atoms with Crippen LogP contribution in [0.3, 0.4) is 0 Å². The van der Waals surface area contributed by atoms with Gasteiger partial charge in [0.25, 0.3) is 10.0 Å². The summed E-state index contributed by atoms with van der Waals surface area (Å²) in [6.07, 6.45) is 0.232. The maximum atomic E-state index is 14.6. The molecule has 0 saturated carbocycles. The number of halogens is 1. The predicted molar refractivity (Wildman–Crippen MR) is 178 cm³/mol. The lowest BCUT2D eigenvalue weighted by molar-refractivity contribution is -0.140. The molecule has 2 amide bonds. The number of aryl methyl sites for hydroxylation is 2. The maximum Gasteiger partial charge on any atom is 0.264 e. The molecule has 0 fully saturated rings. The third kappa shape index (κ3) is 8.23. The van der Waals surface area contributed by atoms with Crippen LogP contribution in [0.5, 0.6) is 5.75 Å². The number of sulfonamides is 1. The van der Waals surface area contributed by atoms with Gasteiger partial charge in [0.2, 0.25) is 11.8 Å². The Hall–Kier alpha value is -4.34. The molecule has 0 aliphatic heterocycles. The highest BCUT2D eigenvalue weighted by atomic mass is 35.5. The first-order chi connectivity index (χ1) is 21.5. The normalized spacial score (nSPS) is 11.8. The quantitative estimate of drug-likeness (QED) is 0.194. The first-order valence-electron chi connectivity index (χ1n) is 14.6. The molecule has 0 unspecified atom stereocenters. The second-order valence-electron chi connectivity index (χ2n) is 10.7. The van der Waals surface area contributed by atoms with Crippen molar-refractivity contribution in [2.75, 3.05) is 24.5 Å². The number of hydrogen-bond donors (Lipinski definition) is 1. The van der Waals surface area contributed by atoms with Gasteiger partial charge in [-0.25, -0.2) is 8.42 Å². The van der Waals surface area contributed by atoms with Crippen molar-refractivity contribution in [1.82, 2.24) is 10.2 Å². The molecule has 0 aliphatic carbocycles. The molecule has 4 aromatic carbocycles. The van der Waals surface area contributed by atoms with Crippen LogP contribution in [-0.4, -0.2) is 51.4 Å². The fourth-order valence-electron chi connectivity index (χ4n) is 5.03. The van der Waals surface area contributed by atoms with E-state index in [9.17, 15) is 18.0 Å². The number of anilines is 1. The molecule has 4 aromatic rings. The van der Waals surface area contributed by atoms with Crippen LogP contribution in [0, 0.1) is 13.8 Å². The second-order valence-corrected chi connectivity index (χ2v) is 13.0. The van der Waals surface area contributed by atoms with Crippen molar-refractivity contribution in [2.45, 2.75) is 44.7 Å². The lowest BCUT2D eigenvalue weighted by Crippen LogP contribution is -2.53. The molecular formula is C35H38ClN3O5S. The predicted octanol–water partition coefficient (Wildman–Crippen LogP) is 5.94. The molecular weight excluding hydrogens is 610 g/mol.